The molecule has 0 saturated carbocycles. The van der Waals surface area contributed by atoms with E-state index in [1.54, 1.807) is 6.07 Å². The standard InChI is InChI=1S/C15H18N2O7S/c1-23-12-3-2-10(6-11(12)17(21)22)8-25-9-14(18)16-4-5-24-13(7-16)15(19)20/h2-3,6,13H,4-5,7-9H2,1H3,(H,19,20). The molecule has 1 aromatic carbocycles. The molecule has 1 N–H and O–H groups in total. The topological polar surface area (TPSA) is 119 Å². The third kappa shape index (κ3) is 5.07. The zero-order valence-corrected chi connectivity index (χ0v) is 14.4. The third-order valence-electron chi connectivity index (χ3n) is 3.63. The van der Waals surface area contributed by atoms with Crippen molar-refractivity contribution in [3.63, 3.8) is 0 Å². The predicted octanol–water partition coefficient (Wildman–Crippen LogP) is 1.15. The van der Waals surface area contributed by atoms with E-state index in [2.05, 4.69) is 0 Å². The summed E-state index contributed by atoms with van der Waals surface area (Å²) in [7, 11) is 1.36. The van der Waals surface area contributed by atoms with Gasteiger partial charge in [-0.25, -0.2) is 4.79 Å². The molecule has 1 fully saturated rings. The van der Waals surface area contributed by atoms with Crippen molar-refractivity contribution < 1.29 is 29.1 Å². The molecule has 0 bridgehead atoms. The first-order chi connectivity index (χ1) is 11.9. The largest absolute Gasteiger partial charge is 0.490 e. The summed E-state index contributed by atoms with van der Waals surface area (Å²) in [5.41, 5.74) is 0.583. The first-order valence-electron chi connectivity index (χ1n) is 7.43. The van der Waals surface area contributed by atoms with Crippen LogP contribution in [0.3, 0.4) is 0 Å². The Morgan fingerprint density at radius 2 is 2.28 bits per heavy atom. The number of ether oxygens (including phenoxy) is 2. The van der Waals surface area contributed by atoms with Crippen molar-refractivity contribution in [1.82, 2.24) is 4.90 Å². The second-order valence-corrected chi connectivity index (χ2v) is 6.28. The number of benzene rings is 1. The van der Waals surface area contributed by atoms with Gasteiger partial charge < -0.3 is 19.5 Å². The normalized spacial score (nSPS) is 17.2. The summed E-state index contributed by atoms with van der Waals surface area (Å²) >= 11 is 1.31. The van der Waals surface area contributed by atoms with Gasteiger partial charge in [0.15, 0.2) is 11.9 Å². The van der Waals surface area contributed by atoms with Gasteiger partial charge in [0.25, 0.3) is 0 Å². The monoisotopic (exact) mass is 370 g/mol. The van der Waals surface area contributed by atoms with E-state index < -0.39 is 17.0 Å². The Labute approximate surface area is 148 Å². The summed E-state index contributed by atoms with van der Waals surface area (Å²) in [6.07, 6.45) is -0.994. The molecule has 1 aliphatic rings. The van der Waals surface area contributed by atoms with Crippen molar-refractivity contribution in [2.24, 2.45) is 0 Å². The summed E-state index contributed by atoms with van der Waals surface area (Å²) in [6, 6.07) is 4.65. The smallest absolute Gasteiger partial charge is 0.334 e. The lowest BCUT2D eigenvalue weighted by Crippen LogP contribution is -2.49. The molecule has 1 heterocycles. The van der Waals surface area contributed by atoms with E-state index in [1.165, 1.54) is 35.9 Å². The molecule has 0 aromatic heterocycles. The minimum absolute atomic E-state index is 0.0305. The van der Waals surface area contributed by atoms with E-state index in [9.17, 15) is 19.7 Å². The Bertz CT molecular complexity index is 667. The van der Waals surface area contributed by atoms with Crippen LogP contribution in [0.15, 0.2) is 18.2 Å². The van der Waals surface area contributed by atoms with Crippen LogP contribution in [0.25, 0.3) is 0 Å². The SMILES string of the molecule is COc1ccc(CSCC(=O)N2CCOC(C(=O)O)C2)cc1[N+](=O)[O-]. The lowest BCUT2D eigenvalue weighted by atomic mass is 10.2. The molecule has 1 saturated heterocycles. The van der Waals surface area contributed by atoms with E-state index >= 15 is 0 Å². The Morgan fingerprint density at radius 3 is 2.92 bits per heavy atom. The Hall–Kier alpha value is -2.33. The van der Waals surface area contributed by atoms with Gasteiger partial charge in [0, 0.05) is 18.4 Å². The lowest BCUT2D eigenvalue weighted by molar-refractivity contribution is -0.385. The maximum atomic E-state index is 12.2. The molecule has 2 rings (SSSR count). The number of rotatable bonds is 7. The van der Waals surface area contributed by atoms with Gasteiger partial charge in [-0.05, 0) is 11.6 Å². The summed E-state index contributed by atoms with van der Waals surface area (Å²) in [4.78, 5) is 35.0. The minimum atomic E-state index is -1.09. The van der Waals surface area contributed by atoms with Crippen LogP contribution in [0.1, 0.15) is 5.56 Å². The number of carboxylic acids is 1. The molecule has 9 nitrogen and oxygen atoms in total. The van der Waals surface area contributed by atoms with Gasteiger partial charge in [-0.2, -0.15) is 0 Å². The van der Waals surface area contributed by atoms with Crippen molar-refractivity contribution in [1.29, 1.82) is 0 Å². The molecule has 10 heteroatoms. The average Bonchev–Trinajstić information content (AvgIpc) is 2.61. The minimum Gasteiger partial charge on any atom is -0.490 e. The highest BCUT2D eigenvalue weighted by atomic mass is 32.2. The first kappa shape index (κ1) is 19.0. The molecule has 0 spiro atoms. The molecule has 1 aliphatic heterocycles. The fraction of sp³-hybridized carbons (Fsp3) is 0.467. The van der Waals surface area contributed by atoms with E-state index in [1.807, 2.05) is 0 Å². The van der Waals surface area contributed by atoms with Crippen LogP contribution in [0, 0.1) is 10.1 Å². The van der Waals surface area contributed by atoms with Crippen LogP contribution >= 0.6 is 11.8 Å². The van der Waals surface area contributed by atoms with Crippen LogP contribution in [0.2, 0.25) is 0 Å². The molecular weight excluding hydrogens is 352 g/mol. The molecule has 1 atom stereocenters. The predicted molar refractivity (Wildman–Crippen MR) is 89.8 cm³/mol. The zero-order chi connectivity index (χ0) is 18.4. The number of nitro benzene ring substituents is 1. The van der Waals surface area contributed by atoms with Gasteiger partial charge in [0.05, 0.1) is 30.9 Å². The molecule has 0 radical (unpaired) electrons. The number of thioether (sulfide) groups is 1. The fourth-order valence-electron chi connectivity index (χ4n) is 2.34. The quantitative estimate of drug-likeness (QED) is 0.561. The van der Waals surface area contributed by atoms with Gasteiger partial charge in [-0.3, -0.25) is 14.9 Å². The van der Waals surface area contributed by atoms with Crippen molar-refractivity contribution in [2.75, 3.05) is 32.6 Å². The van der Waals surface area contributed by atoms with Crippen molar-refractivity contribution in [3.8, 4) is 5.75 Å². The fourth-order valence-corrected chi connectivity index (χ4v) is 3.22. The molecule has 1 aromatic rings. The summed E-state index contributed by atoms with van der Waals surface area (Å²) in [5, 5.41) is 19.9. The molecule has 1 amide bonds. The lowest BCUT2D eigenvalue weighted by Gasteiger charge is -2.30. The highest BCUT2D eigenvalue weighted by Gasteiger charge is 2.28. The second-order valence-electron chi connectivity index (χ2n) is 5.29. The zero-order valence-electron chi connectivity index (χ0n) is 13.5. The van der Waals surface area contributed by atoms with Gasteiger partial charge in [-0.1, -0.05) is 6.07 Å². The Kier molecular flexibility index (Phi) is 6.59. The number of hydrogen-bond donors (Lipinski definition) is 1. The average molecular weight is 370 g/mol. The van der Waals surface area contributed by atoms with Gasteiger partial charge in [0.1, 0.15) is 0 Å². The molecule has 1 unspecified atom stereocenters. The highest BCUT2D eigenvalue weighted by molar-refractivity contribution is 7.99. The van der Waals surface area contributed by atoms with Gasteiger partial charge >= 0.3 is 11.7 Å². The van der Waals surface area contributed by atoms with Crippen LogP contribution in [-0.4, -0.2) is 65.5 Å². The van der Waals surface area contributed by atoms with Crippen LogP contribution in [0.4, 0.5) is 5.69 Å². The van der Waals surface area contributed by atoms with Crippen LogP contribution in [0.5, 0.6) is 5.75 Å². The third-order valence-corrected chi connectivity index (χ3v) is 4.62. The van der Waals surface area contributed by atoms with Crippen LogP contribution in [-0.2, 0) is 20.1 Å². The molecule has 0 aliphatic carbocycles. The van der Waals surface area contributed by atoms with Gasteiger partial charge in [0.2, 0.25) is 5.91 Å². The maximum Gasteiger partial charge on any atom is 0.334 e. The molecular formula is C15H18N2O7S. The number of carbonyl (C=O) groups excluding carboxylic acids is 1. The summed E-state index contributed by atoms with van der Waals surface area (Å²) < 4.78 is 10.0. The second kappa shape index (κ2) is 8.67. The number of amides is 1. The number of hydrogen-bond acceptors (Lipinski definition) is 7. The van der Waals surface area contributed by atoms with Crippen molar-refractivity contribution in [3.05, 3.63) is 33.9 Å². The van der Waals surface area contributed by atoms with E-state index in [0.29, 0.717) is 17.9 Å². The van der Waals surface area contributed by atoms with Gasteiger partial charge in [-0.15, -0.1) is 11.8 Å². The highest BCUT2D eigenvalue weighted by Crippen LogP contribution is 2.29. The van der Waals surface area contributed by atoms with Crippen LogP contribution < -0.4 is 4.74 Å². The number of aliphatic carboxylic acids is 1. The Balaban J connectivity index is 1.88. The number of nitrogens with zero attached hydrogens (tertiary/aromatic N) is 2. The number of morpholine rings is 1. The Morgan fingerprint density at radius 1 is 1.52 bits per heavy atom. The maximum absolute atomic E-state index is 12.2. The number of carboxylic acid groups (broad SMARTS) is 1. The van der Waals surface area contributed by atoms with E-state index in [0.717, 1.165) is 0 Å². The van der Waals surface area contributed by atoms with Crippen molar-refractivity contribution in [2.45, 2.75) is 11.9 Å². The molecule has 25 heavy (non-hydrogen) atoms. The first-order valence-corrected chi connectivity index (χ1v) is 8.59. The number of carbonyl (C=O) groups is 2. The van der Waals surface area contributed by atoms with Crippen molar-refractivity contribution >= 4 is 29.3 Å². The molecule has 136 valence electrons. The number of methoxy groups -OCH3 is 1. The summed E-state index contributed by atoms with van der Waals surface area (Å²) in [6.45, 7) is 0.581. The van der Waals surface area contributed by atoms with E-state index in [4.69, 9.17) is 14.6 Å². The number of nitro groups is 1. The van der Waals surface area contributed by atoms with E-state index in [-0.39, 0.29) is 36.2 Å². The summed E-state index contributed by atoms with van der Waals surface area (Å²) in [5.74, 6) is -0.503.